The molecule has 2 aromatic carbocycles. The molecule has 0 bridgehead atoms. The second-order valence-corrected chi connectivity index (χ2v) is 5.32. The van der Waals surface area contributed by atoms with E-state index in [4.69, 9.17) is 0 Å². The van der Waals surface area contributed by atoms with E-state index in [0.29, 0.717) is 0 Å². The minimum absolute atomic E-state index is 1.02. The van der Waals surface area contributed by atoms with Crippen molar-refractivity contribution in [3.8, 4) is 0 Å². The van der Waals surface area contributed by atoms with Gasteiger partial charge in [0.05, 0.1) is 0 Å². The van der Waals surface area contributed by atoms with Crippen molar-refractivity contribution in [2.45, 2.75) is 13.3 Å². The zero-order valence-electron chi connectivity index (χ0n) is 9.81. The third kappa shape index (κ3) is 2.11. The van der Waals surface area contributed by atoms with Crippen molar-refractivity contribution in [1.29, 1.82) is 0 Å². The van der Waals surface area contributed by atoms with E-state index in [-0.39, 0.29) is 0 Å². The highest BCUT2D eigenvalue weighted by atomic mass is 32.1. The lowest BCUT2D eigenvalue weighted by atomic mass is 10.0. The van der Waals surface area contributed by atoms with E-state index in [1.807, 2.05) is 11.3 Å². The Hall–Kier alpha value is -1.60. The molecule has 0 aliphatic carbocycles. The Labute approximate surface area is 106 Å². The Morgan fingerprint density at radius 2 is 1.76 bits per heavy atom. The van der Waals surface area contributed by atoms with Crippen molar-refractivity contribution in [3.05, 3.63) is 70.6 Å². The number of aryl methyl sites for hydroxylation is 1. The smallest absolute Gasteiger partial charge is 0.0348 e. The second-order valence-electron chi connectivity index (χ2n) is 4.41. The molecule has 0 N–H and O–H groups in total. The molecule has 0 unspecified atom stereocenters. The highest BCUT2D eigenvalue weighted by Crippen LogP contribution is 2.26. The van der Waals surface area contributed by atoms with E-state index in [1.165, 1.54) is 26.8 Å². The number of benzene rings is 2. The quantitative estimate of drug-likeness (QED) is 0.601. The van der Waals surface area contributed by atoms with Crippen molar-refractivity contribution in [2.24, 2.45) is 0 Å². The molecule has 0 amide bonds. The molecule has 1 heterocycles. The van der Waals surface area contributed by atoms with E-state index in [0.717, 1.165) is 6.42 Å². The van der Waals surface area contributed by atoms with Gasteiger partial charge in [-0.15, -0.1) is 11.3 Å². The van der Waals surface area contributed by atoms with Gasteiger partial charge in [0, 0.05) is 4.70 Å². The Morgan fingerprint density at radius 1 is 0.941 bits per heavy atom. The number of rotatable bonds is 2. The molecule has 17 heavy (non-hydrogen) atoms. The molecule has 1 heteroatoms. The SMILES string of the molecule is Cc1csc2cc(Cc3ccccc3)ccc12. The van der Waals surface area contributed by atoms with Crippen LogP contribution < -0.4 is 0 Å². The van der Waals surface area contributed by atoms with Crippen molar-refractivity contribution < 1.29 is 0 Å². The maximum absolute atomic E-state index is 2.32. The summed E-state index contributed by atoms with van der Waals surface area (Å²) in [5, 5.41) is 3.63. The van der Waals surface area contributed by atoms with Crippen LogP contribution in [0.15, 0.2) is 53.9 Å². The van der Waals surface area contributed by atoms with Crippen LogP contribution in [-0.2, 0) is 6.42 Å². The van der Waals surface area contributed by atoms with Crippen LogP contribution in [0.25, 0.3) is 10.1 Å². The van der Waals surface area contributed by atoms with Gasteiger partial charge in [0.2, 0.25) is 0 Å². The number of hydrogen-bond acceptors (Lipinski definition) is 1. The van der Waals surface area contributed by atoms with Crippen LogP contribution in [0.3, 0.4) is 0 Å². The lowest BCUT2D eigenvalue weighted by Gasteiger charge is -2.02. The molecule has 0 saturated carbocycles. The Bertz CT molecular complexity index is 635. The van der Waals surface area contributed by atoms with Gasteiger partial charge in [-0.25, -0.2) is 0 Å². The minimum Gasteiger partial charge on any atom is -0.144 e. The van der Waals surface area contributed by atoms with E-state index in [9.17, 15) is 0 Å². The third-order valence-corrected chi connectivity index (χ3v) is 4.15. The fraction of sp³-hybridized carbons (Fsp3) is 0.125. The largest absolute Gasteiger partial charge is 0.144 e. The Morgan fingerprint density at radius 3 is 2.59 bits per heavy atom. The second kappa shape index (κ2) is 4.34. The molecule has 0 radical (unpaired) electrons. The van der Waals surface area contributed by atoms with Gasteiger partial charge in [0.1, 0.15) is 0 Å². The topological polar surface area (TPSA) is 0 Å². The zero-order valence-corrected chi connectivity index (χ0v) is 10.6. The van der Waals surface area contributed by atoms with Gasteiger partial charge in [-0.3, -0.25) is 0 Å². The maximum Gasteiger partial charge on any atom is 0.0348 e. The molecule has 0 atom stereocenters. The van der Waals surface area contributed by atoms with Crippen molar-refractivity contribution in [3.63, 3.8) is 0 Å². The summed E-state index contributed by atoms with van der Waals surface area (Å²) in [5.41, 5.74) is 4.15. The van der Waals surface area contributed by atoms with Gasteiger partial charge >= 0.3 is 0 Å². The highest BCUT2D eigenvalue weighted by molar-refractivity contribution is 7.17. The van der Waals surface area contributed by atoms with Gasteiger partial charge in [-0.2, -0.15) is 0 Å². The first kappa shape index (κ1) is 10.5. The molecule has 3 rings (SSSR count). The number of thiophene rings is 1. The average molecular weight is 238 g/mol. The van der Waals surface area contributed by atoms with Crippen LogP contribution in [0, 0.1) is 6.92 Å². The first-order chi connectivity index (χ1) is 8.33. The predicted molar refractivity (Wildman–Crippen MR) is 75.8 cm³/mol. The van der Waals surface area contributed by atoms with Crippen molar-refractivity contribution in [1.82, 2.24) is 0 Å². The highest BCUT2D eigenvalue weighted by Gasteiger charge is 2.02. The van der Waals surface area contributed by atoms with Gasteiger partial charge in [0.25, 0.3) is 0 Å². The summed E-state index contributed by atoms with van der Waals surface area (Å²) in [6, 6.07) is 17.4. The minimum atomic E-state index is 1.02. The third-order valence-electron chi connectivity index (χ3n) is 3.08. The normalized spacial score (nSPS) is 10.9. The summed E-state index contributed by atoms with van der Waals surface area (Å²) in [4.78, 5) is 0. The molecule has 0 aliphatic rings. The first-order valence-corrected chi connectivity index (χ1v) is 6.71. The molecular weight excluding hydrogens is 224 g/mol. The lowest BCUT2D eigenvalue weighted by Crippen LogP contribution is -1.86. The zero-order chi connectivity index (χ0) is 11.7. The lowest BCUT2D eigenvalue weighted by molar-refractivity contribution is 1.20. The monoisotopic (exact) mass is 238 g/mol. The van der Waals surface area contributed by atoms with Gasteiger partial charge in [-0.1, -0.05) is 42.5 Å². The van der Waals surface area contributed by atoms with E-state index < -0.39 is 0 Å². The van der Waals surface area contributed by atoms with E-state index >= 15 is 0 Å². The van der Waals surface area contributed by atoms with Gasteiger partial charge < -0.3 is 0 Å². The van der Waals surface area contributed by atoms with Gasteiger partial charge in [0.15, 0.2) is 0 Å². The Kier molecular flexibility index (Phi) is 2.69. The summed E-state index contributed by atoms with van der Waals surface area (Å²) >= 11 is 1.84. The maximum atomic E-state index is 2.32. The molecule has 84 valence electrons. The molecule has 0 spiro atoms. The summed E-state index contributed by atoms with van der Waals surface area (Å²) in [6.07, 6.45) is 1.02. The van der Waals surface area contributed by atoms with E-state index in [1.54, 1.807) is 0 Å². The molecule has 0 aliphatic heterocycles. The fourth-order valence-electron chi connectivity index (χ4n) is 2.15. The summed E-state index contributed by atoms with van der Waals surface area (Å²) in [6.45, 7) is 2.18. The molecule has 0 nitrogen and oxygen atoms in total. The summed E-state index contributed by atoms with van der Waals surface area (Å²) in [5.74, 6) is 0. The van der Waals surface area contributed by atoms with Crippen LogP contribution in [-0.4, -0.2) is 0 Å². The summed E-state index contributed by atoms with van der Waals surface area (Å²) < 4.78 is 1.40. The Balaban J connectivity index is 1.96. The molecule has 3 aromatic rings. The van der Waals surface area contributed by atoms with E-state index in [2.05, 4.69) is 60.8 Å². The average Bonchev–Trinajstić information content (AvgIpc) is 2.72. The van der Waals surface area contributed by atoms with Crippen molar-refractivity contribution in [2.75, 3.05) is 0 Å². The standard InChI is InChI=1S/C16H14S/c1-12-11-17-16-10-14(7-8-15(12)16)9-13-5-3-2-4-6-13/h2-8,10-11H,9H2,1H3. The number of hydrogen-bond donors (Lipinski definition) is 0. The number of fused-ring (bicyclic) bond motifs is 1. The van der Waals surface area contributed by atoms with Crippen LogP contribution in [0.5, 0.6) is 0 Å². The van der Waals surface area contributed by atoms with Crippen LogP contribution >= 0.6 is 11.3 Å². The van der Waals surface area contributed by atoms with Crippen molar-refractivity contribution >= 4 is 21.4 Å². The predicted octanol–water partition coefficient (Wildman–Crippen LogP) is 4.80. The molecular formula is C16H14S. The molecule has 0 saturated heterocycles. The molecule has 0 fully saturated rings. The fourth-order valence-corrected chi connectivity index (χ4v) is 3.15. The van der Waals surface area contributed by atoms with Crippen LogP contribution in [0.1, 0.15) is 16.7 Å². The van der Waals surface area contributed by atoms with Crippen LogP contribution in [0.4, 0.5) is 0 Å². The molecule has 1 aromatic heterocycles. The summed E-state index contributed by atoms with van der Waals surface area (Å²) in [7, 11) is 0. The first-order valence-electron chi connectivity index (χ1n) is 5.83. The van der Waals surface area contributed by atoms with Crippen LogP contribution in [0.2, 0.25) is 0 Å². The van der Waals surface area contributed by atoms with Gasteiger partial charge in [-0.05, 0) is 46.9 Å².